The standard InChI is InChI=1S/C36H41N5O4S/c1-23(35(44)45)39-33(42)29(40-34(43)30-16-17-31(46-30)36(2,3)4)20-24-8-10-26(11-9-24)32-37-21-27(22-38-32)25-12-14-28(15-13-25)41-18-6-5-7-19-41/h8-17,21-23,29H,5-7,18-20H2,1-4H3,(H,39,42)(H,40,43)(H,44,45). The van der Waals surface area contributed by atoms with Crippen LogP contribution in [0.15, 0.2) is 73.1 Å². The van der Waals surface area contributed by atoms with Crippen LogP contribution in [0.25, 0.3) is 22.5 Å². The van der Waals surface area contributed by atoms with Gasteiger partial charge in [-0.05, 0) is 67.0 Å². The maximum absolute atomic E-state index is 13.2. The van der Waals surface area contributed by atoms with Crippen LogP contribution in [0, 0.1) is 0 Å². The number of nitrogens with one attached hydrogen (secondary N) is 2. The molecular formula is C36H41N5O4S. The number of aliphatic carboxylic acids is 1. The Kier molecular flexibility index (Phi) is 10.2. The molecule has 0 radical (unpaired) electrons. The number of hydrogen-bond acceptors (Lipinski definition) is 7. The van der Waals surface area contributed by atoms with E-state index >= 15 is 0 Å². The lowest BCUT2D eigenvalue weighted by Gasteiger charge is -2.28. The molecule has 0 aliphatic carbocycles. The number of nitrogens with zero attached hydrogens (tertiary/aromatic N) is 3. The van der Waals surface area contributed by atoms with Crippen molar-refractivity contribution < 1.29 is 19.5 Å². The van der Waals surface area contributed by atoms with Crippen molar-refractivity contribution in [3.63, 3.8) is 0 Å². The quantitative estimate of drug-likeness (QED) is 0.192. The minimum atomic E-state index is -1.16. The number of benzene rings is 2. The van der Waals surface area contributed by atoms with Crippen LogP contribution in [0.5, 0.6) is 0 Å². The summed E-state index contributed by atoms with van der Waals surface area (Å²) in [5, 5.41) is 14.6. The van der Waals surface area contributed by atoms with Gasteiger partial charge in [0.1, 0.15) is 12.1 Å². The van der Waals surface area contributed by atoms with Gasteiger partial charge in [-0.1, -0.05) is 57.2 Å². The summed E-state index contributed by atoms with van der Waals surface area (Å²) >= 11 is 1.38. The third kappa shape index (κ3) is 8.17. The number of aromatic nitrogens is 2. The topological polar surface area (TPSA) is 125 Å². The van der Waals surface area contributed by atoms with Gasteiger partial charge in [0.15, 0.2) is 5.82 Å². The fraction of sp³-hybridized carbons (Fsp3) is 0.361. The second kappa shape index (κ2) is 14.2. The van der Waals surface area contributed by atoms with Gasteiger partial charge in [-0.25, -0.2) is 9.97 Å². The summed E-state index contributed by atoms with van der Waals surface area (Å²) in [5.41, 5.74) is 4.74. The highest BCUT2D eigenvalue weighted by atomic mass is 32.1. The Hall–Kier alpha value is -4.57. The Morgan fingerprint density at radius 2 is 1.48 bits per heavy atom. The monoisotopic (exact) mass is 639 g/mol. The highest BCUT2D eigenvalue weighted by Crippen LogP contribution is 2.30. The molecule has 1 fully saturated rings. The highest BCUT2D eigenvalue weighted by molar-refractivity contribution is 7.14. The molecule has 3 N–H and O–H groups in total. The Labute approximate surface area is 274 Å². The molecule has 46 heavy (non-hydrogen) atoms. The van der Waals surface area contributed by atoms with Crippen molar-refractivity contribution in [3.8, 4) is 22.5 Å². The molecule has 2 atom stereocenters. The zero-order chi connectivity index (χ0) is 32.8. The van der Waals surface area contributed by atoms with Gasteiger partial charge in [0.2, 0.25) is 5.91 Å². The van der Waals surface area contributed by atoms with E-state index < -0.39 is 24.0 Å². The van der Waals surface area contributed by atoms with Crippen molar-refractivity contribution in [3.05, 3.63) is 88.4 Å². The molecule has 9 nitrogen and oxygen atoms in total. The first-order chi connectivity index (χ1) is 22.0. The maximum Gasteiger partial charge on any atom is 0.325 e. The van der Waals surface area contributed by atoms with Crippen molar-refractivity contribution >= 4 is 34.8 Å². The summed E-state index contributed by atoms with van der Waals surface area (Å²) in [5.74, 6) is -1.53. The summed E-state index contributed by atoms with van der Waals surface area (Å²) < 4.78 is 0. The van der Waals surface area contributed by atoms with Crippen molar-refractivity contribution in [2.45, 2.75) is 70.9 Å². The van der Waals surface area contributed by atoms with Gasteiger partial charge in [0, 0.05) is 53.6 Å². The molecular weight excluding hydrogens is 598 g/mol. The molecule has 3 heterocycles. The van der Waals surface area contributed by atoms with Gasteiger partial charge in [-0.3, -0.25) is 14.4 Å². The first-order valence-corrected chi connectivity index (χ1v) is 16.5. The third-order valence-corrected chi connectivity index (χ3v) is 9.66. The van der Waals surface area contributed by atoms with E-state index in [4.69, 9.17) is 0 Å². The van der Waals surface area contributed by atoms with E-state index in [1.807, 2.05) is 42.7 Å². The van der Waals surface area contributed by atoms with Crippen LogP contribution >= 0.6 is 11.3 Å². The molecule has 0 saturated carbocycles. The number of carboxylic acids is 1. The minimum Gasteiger partial charge on any atom is -0.480 e. The van der Waals surface area contributed by atoms with Gasteiger partial charge in [0.05, 0.1) is 4.88 Å². The fourth-order valence-electron chi connectivity index (χ4n) is 5.35. The van der Waals surface area contributed by atoms with E-state index in [1.165, 1.54) is 43.2 Å². The summed E-state index contributed by atoms with van der Waals surface area (Å²) in [4.78, 5) is 50.8. The lowest BCUT2D eigenvalue weighted by atomic mass is 9.95. The van der Waals surface area contributed by atoms with E-state index in [1.54, 1.807) is 6.07 Å². The molecule has 1 aliphatic rings. The number of rotatable bonds is 10. The first kappa shape index (κ1) is 32.8. The van der Waals surface area contributed by atoms with E-state index in [-0.39, 0.29) is 17.7 Å². The zero-order valence-electron chi connectivity index (χ0n) is 26.7. The van der Waals surface area contributed by atoms with E-state index in [9.17, 15) is 19.5 Å². The maximum atomic E-state index is 13.2. The molecule has 4 aromatic rings. The van der Waals surface area contributed by atoms with Crippen LogP contribution in [0.4, 0.5) is 5.69 Å². The van der Waals surface area contributed by atoms with Gasteiger partial charge in [-0.2, -0.15) is 0 Å². The number of anilines is 1. The Balaban J connectivity index is 1.27. The predicted molar refractivity (Wildman–Crippen MR) is 182 cm³/mol. The Morgan fingerprint density at radius 3 is 2.07 bits per heavy atom. The number of amides is 2. The number of carbonyl (C=O) groups is 3. The van der Waals surface area contributed by atoms with Crippen molar-refractivity contribution in [2.24, 2.45) is 0 Å². The largest absolute Gasteiger partial charge is 0.480 e. The minimum absolute atomic E-state index is 0.110. The SMILES string of the molecule is CC(NC(=O)C(Cc1ccc(-c2ncc(-c3ccc(N4CCCCC4)cc3)cn2)cc1)NC(=O)c1ccc(C(C)(C)C)s1)C(=O)O. The van der Waals surface area contributed by atoms with Gasteiger partial charge in [-0.15, -0.1) is 11.3 Å². The van der Waals surface area contributed by atoms with Crippen molar-refractivity contribution in [2.75, 3.05) is 18.0 Å². The smallest absolute Gasteiger partial charge is 0.325 e. The molecule has 1 saturated heterocycles. The normalized spacial score (nSPS) is 14.7. The second-order valence-corrected chi connectivity index (χ2v) is 13.9. The lowest BCUT2D eigenvalue weighted by molar-refractivity contribution is -0.141. The van der Waals surface area contributed by atoms with Gasteiger partial charge < -0.3 is 20.6 Å². The number of piperidine rings is 1. The average Bonchev–Trinajstić information content (AvgIpc) is 3.57. The number of hydrogen-bond donors (Lipinski definition) is 3. The molecule has 240 valence electrons. The molecule has 2 unspecified atom stereocenters. The van der Waals surface area contributed by atoms with Crippen LogP contribution < -0.4 is 15.5 Å². The number of thiophene rings is 1. The van der Waals surface area contributed by atoms with Crippen LogP contribution in [-0.2, 0) is 21.4 Å². The number of carbonyl (C=O) groups excluding carboxylic acids is 2. The molecule has 0 bridgehead atoms. The Morgan fingerprint density at radius 1 is 0.848 bits per heavy atom. The van der Waals surface area contributed by atoms with Crippen molar-refractivity contribution in [1.82, 2.24) is 20.6 Å². The average molecular weight is 640 g/mol. The van der Waals surface area contributed by atoms with Crippen LogP contribution in [0.3, 0.4) is 0 Å². The molecule has 2 aromatic heterocycles. The first-order valence-electron chi connectivity index (χ1n) is 15.7. The van der Waals surface area contributed by atoms with Crippen LogP contribution in [-0.4, -0.2) is 58.0 Å². The summed E-state index contributed by atoms with van der Waals surface area (Å²) in [6, 6.07) is 17.6. The van der Waals surface area contributed by atoms with Gasteiger partial charge in [0.25, 0.3) is 5.91 Å². The fourth-order valence-corrected chi connectivity index (χ4v) is 6.31. The third-order valence-electron chi connectivity index (χ3n) is 8.15. The highest BCUT2D eigenvalue weighted by Gasteiger charge is 2.26. The van der Waals surface area contributed by atoms with E-state index in [0.717, 1.165) is 40.2 Å². The van der Waals surface area contributed by atoms with Crippen LogP contribution in [0.1, 0.15) is 67.1 Å². The molecule has 0 spiro atoms. The number of carboxylic acid groups (broad SMARTS) is 1. The molecule has 2 amide bonds. The molecule has 2 aromatic carbocycles. The van der Waals surface area contributed by atoms with Crippen molar-refractivity contribution in [1.29, 1.82) is 0 Å². The summed E-state index contributed by atoms with van der Waals surface area (Å²) in [6.07, 6.45) is 7.60. The second-order valence-electron chi connectivity index (χ2n) is 12.8. The van der Waals surface area contributed by atoms with Crippen LogP contribution in [0.2, 0.25) is 0 Å². The zero-order valence-corrected chi connectivity index (χ0v) is 27.6. The molecule has 1 aliphatic heterocycles. The van der Waals surface area contributed by atoms with E-state index in [0.29, 0.717) is 10.7 Å². The molecule has 5 rings (SSSR count). The summed E-state index contributed by atoms with van der Waals surface area (Å²) in [7, 11) is 0. The van der Waals surface area contributed by atoms with Gasteiger partial charge >= 0.3 is 5.97 Å². The summed E-state index contributed by atoms with van der Waals surface area (Å²) in [6.45, 7) is 9.81. The lowest BCUT2D eigenvalue weighted by Crippen LogP contribution is -2.51. The van der Waals surface area contributed by atoms with E-state index in [2.05, 4.69) is 70.5 Å². The predicted octanol–water partition coefficient (Wildman–Crippen LogP) is 6.09. The molecule has 10 heteroatoms. The Bertz CT molecular complexity index is 1650.